The molecule has 0 bridgehead atoms. The Morgan fingerprint density at radius 1 is 0.964 bits per heavy atom. The minimum Gasteiger partial charge on any atom is -0.383 e. The van der Waals surface area contributed by atoms with E-state index in [0.29, 0.717) is 12.0 Å². The largest absolute Gasteiger partial charge is 0.383 e. The Kier molecular flexibility index (Phi) is 6.42. The first-order valence-corrected chi connectivity index (χ1v) is 12.3. The maximum absolute atomic E-state index is 12.7. The standard InChI is InChI=1S/C22H18O2S4/c1-2-5-15(14-27-20-8-3-6-18-16(20)10-12-25-18)22(23)24-28-21-9-4-7-19-17(21)11-13-26-19/h3-4,6-14H,2,5H2,1H3. The van der Waals surface area contributed by atoms with E-state index >= 15 is 0 Å². The van der Waals surface area contributed by atoms with Crippen molar-refractivity contribution in [3.63, 3.8) is 0 Å². The van der Waals surface area contributed by atoms with E-state index in [9.17, 15) is 4.79 Å². The van der Waals surface area contributed by atoms with Gasteiger partial charge < -0.3 is 4.18 Å². The number of fused-ring (bicyclic) bond motifs is 2. The van der Waals surface area contributed by atoms with Gasteiger partial charge in [-0.1, -0.05) is 37.2 Å². The maximum atomic E-state index is 12.7. The van der Waals surface area contributed by atoms with Crippen LogP contribution < -0.4 is 0 Å². The van der Waals surface area contributed by atoms with Gasteiger partial charge in [-0.3, -0.25) is 0 Å². The van der Waals surface area contributed by atoms with Crippen LogP contribution in [0, 0.1) is 0 Å². The summed E-state index contributed by atoms with van der Waals surface area (Å²) in [6, 6.07) is 16.5. The van der Waals surface area contributed by atoms with Crippen molar-refractivity contribution in [3.8, 4) is 0 Å². The van der Waals surface area contributed by atoms with Crippen LogP contribution in [0.4, 0.5) is 0 Å². The molecule has 0 spiro atoms. The Labute approximate surface area is 180 Å². The number of carbonyl (C=O) groups excluding carboxylic acids is 1. The van der Waals surface area contributed by atoms with Gasteiger partial charge in [0.1, 0.15) is 0 Å². The molecule has 4 rings (SSSR count). The van der Waals surface area contributed by atoms with Crippen LogP contribution in [0.3, 0.4) is 0 Å². The van der Waals surface area contributed by atoms with Gasteiger partial charge in [-0.15, -0.1) is 22.7 Å². The summed E-state index contributed by atoms with van der Waals surface area (Å²) in [4.78, 5) is 14.8. The number of thiophene rings is 2. The quantitative estimate of drug-likeness (QED) is 0.164. The number of benzene rings is 2. The zero-order valence-electron chi connectivity index (χ0n) is 15.2. The van der Waals surface area contributed by atoms with Crippen molar-refractivity contribution in [2.24, 2.45) is 0 Å². The van der Waals surface area contributed by atoms with Gasteiger partial charge in [0.25, 0.3) is 0 Å². The SMILES string of the molecule is CCCC(=CSc1cccc2sccc12)C(=O)OSc1cccc2sccc12. The highest BCUT2D eigenvalue weighted by Crippen LogP contribution is 2.34. The smallest absolute Gasteiger partial charge is 0.346 e. The molecule has 2 aromatic heterocycles. The van der Waals surface area contributed by atoms with E-state index in [0.717, 1.165) is 33.6 Å². The van der Waals surface area contributed by atoms with E-state index in [1.807, 2.05) is 17.5 Å². The fourth-order valence-electron chi connectivity index (χ4n) is 2.86. The van der Waals surface area contributed by atoms with Crippen LogP contribution in [0.1, 0.15) is 19.8 Å². The van der Waals surface area contributed by atoms with Crippen molar-refractivity contribution in [2.75, 3.05) is 0 Å². The Hall–Kier alpha value is -1.73. The predicted octanol–water partition coefficient (Wildman–Crippen LogP) is 8.14. The monoisotopic (exact) mass is 442 g/mol. The molecule has 0 saturated carbocycles. The average molecular weight is 443 g/mol. The number of hydrogen-bond donors (Lipinski definition) is 0. The number of rotatable bonds is 7. The molecule has 4 aromatic rings. The molecule has 2 nitrogen and oxygen atoms in total. The number of carbonyl (C=O) groups is 1. The van der Waals surface area contributed by atoms with Crippen LogP contribution in [-0.2, 0) is 8.98 Å². The van der Waals surface area contributed by atoms with Gasteiger partial charge in [0, 0.05) is 30.6 Å². The molecule has 142 valence electrons. The van der Waals surface area contributed by atoms with Crippen molar-refractivity contribution in [1.29, 1.82) is 0 Å². The molecule has 6 heteroatoms. The van der Waals surface area contributed by atoms with Crippen LogP contribution >= 0.6 is 46.5 Å². The third kappa shape index (κ3) is 4.30. The minimum atomic E-state index is -0.260. The second-order valence-electron chi connectivity index (χ2n) is 6.14. The number of hydrogen-bond acceptors (Lipinski definition) is 6. The van der Waals surface area contributed by atoms with Crippen LogP contribution in [-0.4, -0.2) is 5.97 Å². The van der Waals surface area contributed by atoms with E-state index in [2.05, 4.69) is 54.1 Å². The molecule has 0 saturated heterocycles. The molecule has 0 aliphatic heterocycles. The van der Waals surface area contributed by atoms with Gasteiger partial charge in [-0.25, -0.2) is 4.79 Å². The van der Waals surface area contributed by atoms with Crippen molar-refractivity contribution < 1.29 is 8.98 Å². The van der Waals surface area contributed by atoms with Gasteiger partial charge in [0.15, 0.2) is 0 Å². The van der Waals surface area contributed by atoms with Gasteiger partial charge >= 0.3 is 5.97 Å². The van der Waals surface area contributed by atoms with Crippen molar-refractivity contribution in [2.45, 2.75) is 29.6 Å². The summed E-state index contributed by atoms with van der Waals surface area (Å²) in [5.41, 5.74) is 0.713. The molecule has 2 heterocycles. The van der Waals surface area contributed by atoms with E-state index in [1.165, 1.54) is 14.8 Å². The van der Waals surface area contributed by atoms with Crippen molar-refractivity contribution >= 4 is 72.6 Å². The third-order valence-corrected chi connectivity index (χ3v) is 7.78. The molecule has 0 aliphatic rings. The lowest BCUT2D eigenvalue weighted by Crippen LogP contribution is -2.03. The molecule has 28 heavy (non-hydrogen) atoms. The molecular formula is C22H18O2S4. The van der Waals surface area contributed by atoms with Gasteiger partial charge in [0.2, 0.25) is 0 Å². The normalized spacial score (nSPS) is 12.0. The zero-order valence-corrected chi connectivity index (χ0v) is 18.5. The lowest BCUT2D eigenvalue weighted by Gasteiger charge is -2.07. The van der Waals surface area contributed by atoms with E-state index < -0.39 is 0 Å². The highest BCUT2D eigenvalue weighted by Gasteiger charge is 2.14. The summed E-state index contributed by atoms with van der Waals surface area (Å²) >= 11 is 6.17. The molecule has 0 N–H and O–H groups in total. The lowest BCUT2D eigenvalue weighted by atomic mass is 10.2. The van der Waals surface area contributed by atoms with E-state index in [-0.39, 0.29) is 5.97 Å². The molecule has 0 atom stereocenters. The lowest BCUT2D eigenvalue weighted by molar-refractivity contribution is -0.129. The average Bonchev–Trinajstić information content (AvgIpc) is 3.38. The van der Waals surface area contributed by atoms with Gasteiger partial charge in [-0.05, 0) is 59.0 Å². The maximum Gasteiger partial charge on any atom is 0.346 e. The topological polar surface area (TPSA) is 26.3 Å². The van der Waals surface area contributed by atoms with Crippen LogP contribution in [0.5, 0.6) is 0 Å². The summed E-state index contributed by atoms with van der Waals surface area (Å²) < 4.78 is 8.04. The molecule has 0 radical (unpaired) electrons. The second-order valence-corrected chi connectivity index (χ2v) is 9.72. The fourth-order valence-corrected chi connectivity index (χ4v) is 6.23. The highest BCUT2D eigenvalue weighted by atomic mass is 32.2. The molecular weight excluding hydrogens is 425 g/mol. The van der Waals surface area contributed by atoms with Crippen molar-refractivity contribution in [3.05, 3.63) is 70.3 Å². The van der Waals surface area contributed by atoms with E-state index in [4.69, 9.17) is 4.18 Å². The highest BCUT2D eigenvalue weighted by molar-refractivity contribution is 8.02. The predicted molar refractivity (Wildman–Crippen MR) is 124 cm³/mol. The summed E-state index contributed by atoms with van der Waals surface area (Å²) in [5.74, 6) is -0.260. The molecule has 0 aliphatic carbocycles. The summed E-state index contributed by atoms with van der Waals surface area (Å²) in [5, 5.41) is 8.47. The first-order valence-electron chi connectivity index (χ1n) is 8.93. The van der Waals surface area contributed by atoms with Crippen LogP contribution in [0.25, 0.3) is 20.2 Å². The molecule has 0 unspecified atom stereocenters. The Morgan fingerprint density at radius 3 is 2.29 bits per heavy atom. The Balaban J connectivity index is 1.49. The third-order valence-electron chi connectivity index (χ3n) is 4.23. The summed E-state index contributed by atoms with van der Waals surface area (Å²) in [6.45, 7) is 2.07. The first kappa shape index (κ1) is 19.6. The zero-order chi connectivity index (χ0) is 19.3. The fraction of sp³-hybridized carbons (Fsp3) is 0.136. The second kappa shape index (κ2) is 9.18. The first-order chi connectivity index (χ1) is 13.8. The van der Waals surface area contributed by atoms with Crippen molar-refractivity contribution in [1.82, 2.24) is 0 Å². The summed E-state index contributed by atoms with van der Waals surface area (Å²) in [6.07, 6.45) is 1.60. The number of thioether (sulfide) groups is 1. The van der Waals surface area contributed by atoms with Gasteiger partial charge in [0.05, 0.1) is 16.9 Å². The summed E-state index contributed by atoms with van der Waals surface area (Å²) in [7, 11) is 0. The minimum absolute atomic E-state index is 0.260. The van der Waals surface area contributed by atoms with Gasteiger partial charge in [-0.2, -0.15) is 0 Å². The Morgan fingerprint density at radius 2 is 1.61 bits per heavy atom. The Bertz CT molecular complexity index is 1140. The van der Waals surface area contributed by atoms with E-state index in [1.54, 1.807) is 34.4 Å². The molecule has 2 aromatic carbocycles. The molecule has 0 fully saturated rings. The molecule has 0 amide bonds. The van der Waals surface area contributed by atoms with Crippen LogP contribution in [0.15, 0.2) is 80.1 Å². The van der Waals surface area contributed by atoms with Crippen LogP contribution in [0.2, 0.25) is 0 Å².